The number of ether oxygens (including phenoxy) is 1. The number of aromatic amines is 1. The molecule has 0 atom stereocenters. The summed E-state index contributed by atoms with van der Waals surface area (Å²) in [6, 6.07) is 0. The van der Waals surface area contributed by atoms with Crippen molar-refractivity contribution in [3.63, 3.8) is 0 Å². The lowest BCUT2D eigenvalue weighted by Gasteiger charge is -2.02. The van der Waals surface area contributed by atoms with Gasteiger partial charge in [0, 0.05) is 12.8 Å². The maximum Gasteiger partial charge on any atom is 0.358 e. The van der Waals surface area contributed by atoms with Gasteiger partial charge in [-0.05, 0) is 6.42 Å². The Balaban J connectivity index is 2.39. The zero-order valence-corrected chi connectivity index (χ0v) is 11.8. The van der Waals surface area contributed by atoms with Crippen molar-refractivity contribution < 1.29 is 19.5 Å². The molecule has 20 heavy (non-hydrogen) atoms. The van der Waals surface area contributed by atoms with Gasteiger partial charge >= 0.3 is 5.97 Å². The van der Waals surface area contributed by atoms with Crippen LogP contribution in [0.3, 0.4) is 0 Å². The van der Waals surface area contributed by atoms with Crippen molar-refractivity contribution in [2.24, 2.45) is 0 Å². The molecular formula is C11H16ClN3O5. The number of nitrogens with zero attached hydrogens (tertiary/aromatic N) is 2. The van der Waals surface area contributed by atoms with Gasteiger partial charge in [0.05, 0.1) is 13.2 Å². The second kappa shape index (κ2) is 8.36. The van der Waals surface area contributed by atoms with Crippen molar-refractivity contribution in [1.29, 1.82) is 0 Å². The molecule has 112 valence electrons. The van der Waals surface area contributed by atoms with Gasteiger partial charge in [0.2, 0.25) is 0 Å². The summed E-state index contributed by atoms with van der Waals surface area (Å²) < 4.78 is 4.91. The van der Waals surface area contributed by atoms with Crippen LogP contribution in [0.2, 0.25) is 5.15 Å². The number of unbranched alkanes of at least 4 members (excludes halogenated alkanes) is 1. The van der Waals surface area contributed by atoms with Crippen molar-refractivity contribution in [2.45, 2.75) is 32.6 Å². The van der Waals surface area contributed by atoms with E-state index in [1.165, 1.54) is 0 Å². The van der Waals surface area contributed by atoms with Gasteiger partial charge in [-0.3, -0.25) is 0 Å². The quantitative estimate of drug-likeness (QED) is 0.324. The van der Waals surface area contributed by atoms with Gasteiger partial charge in [-0.2, -0.15) is 0 Å². The van der Waals surface area contributed by atoms with Crippen LogP contribution in [0.5, 0.6) is 0 Å². The zero-order chi connectivity index (χ0) is 15.0. The van der Waals surface area contributed by atoms with Gasteiger partial charge in [-0.15, -0.1) is 10.1 Å². The maximum atomic E-state index is 11.7. The van der Waals surface area contributed by atoms with Crippen LogP contribution >= 0.6 is 11.6 Å². The van der Waals surface area contributed by atoms with Gasteiger partial charge in [0.1, 0.15) is 5.82 Å². The van der Waals surface area contributed by atoms with Crippen LogP contribution in [0, 0.1) is 10.1 Å². The van der Waals surface area contributed by atoms with Gasteiger partial charge in [-0.1, -0.05) is 24.9 Å². The van der Waals surface area contributed by atoms with E-state index in [-0.39, 0.29) is 30.5 Å². The summed E-state index contributed by atoms with van der Waals surface area (Å²) in [7, 11) is 0. The van der Waals surface area contributed by atoms with E-state index in [1.54, 1.807) is 0 Å². The summed E-state index contributed by atoms with van der Waals surface area (Å²) in [5, 5.41) is 9.07. The summed E-state index contributed by atoms with van der Waals surface area (Å²) in [4.78, 5) is 32.5. The number of esters is 1. The molecular weight excluding hydrogens is 290 g/mol. The third-order valence-electron chi connectivity index (χ3n) is 2.40. The molecule has 1 heterocycles. The van der Waals surface area contributed by atoms with Gasteiger partial charge in [-0.25, -0.2) is 9.78 Å². The molecule has 0 saturated heterocycles. The topological polar surface area (TPSA) is 107 Å². The Kier molecular flexibility index (Phi) is 6.78. The average Bonchev–Trinajstić information content (AvgIpc) is 2.76. The fourth-order valence-corrected chi connectivity index (χ4v) is 1.66. The van der Waals surface area contributed by atoms with Crippen LogP contribution in [-0.2, 0) is 16.0 Å². The van der Waals surface area contributed by atoms with E-state index < -0.39 is 11.1 Å². The standard InChI is InChI=1S/C11H16ClN3O5/c1-2-3-5-8-13-9(10(12)14-8)11(16)19-6-4-7-20-15(17)18/h2-7H2,1H3,(H,13,14). The Labute approximate surface area is 120 Å². The molecule has 1 aromatic heterocycles. The fourth-order valence-electron chi connectivity index (χ4n) is 1.43. The summed E-state index contributed by atoms with van der Waals surface area (Å²) >= 11 is 5.84. The van der Waals surface area contributed by atoms with Crippen molar-refractivity contribution >= 4 is 17.6 Å². The smallest absolute Gasteiger partial charge is 0.358 e. The molecule has 0 bridgehead atoms. The van der Waals surface area contributed by atoms with E-state index in [1.807, 2.05) is 6.92 Å². The fraction of sp³-hybridized carbons (Fsp3) is 0.636. The van der Waals surface area contributed by atoms with Gasteiger partial charge in [0.15, 0.2) is 10.8 Å². The number of carbonyl (C=O) groups excluding carboxylic acids is 1. The second-order valence-corrected chi connectivity index (χ2v) is 4.36. The molecule has 0 amide bonds. The minimum Gasteiger partial charge on any atom is -0.461 e. The third-order valence-corrected chi connectivity index (χ3v) is 2.67. The number of hydrogen-bond donors (Lipinski definition) is 1. The van der Waals surface area contributed by atoms with Crippen molar-refractivity contribution in [2.75, 3.05) is 13.2 Å². The summed E-state index contributed by atoms with van der Waals surface area (Å²) in [6.45, 7) is 1.93. The Morgan fingerprint density at radius 1 is 1.45 bits per heavy atom. The van der Waals surface area contributed by atoms with Gasteiger partial charge < -0.3 is 14.6 Å². The van der Waals surface area contributed by atoms with Gasteiger partial charge in [0.25, 0.3) is 5.09 Å². The maximum absolute atomic E-state index is 11.7. The highest BCUT2D eigenvalue weighted by Crippen LogP contribution is 2.15. The molecule has 9 heteroatoms. The first kappa shape index (κ1) is 16.2. The average molecular weight is 306 g/mol. The minimum atomic E-state index is -0.895. The van der Waals surface area contributed by atoms with Crippen LogP contribution in [0.15, 0.2) is 0 Å². The minimum absolute atomic E-state index is 0.00627. The van der Waals surface area contributed by atoms with E-state index in [0.717, 1.165) is 12.8 Å². The zero-order valence-electron chi connectivity index (χ0n) is 11.1. The summed E-state index contributed by atoms with van der Waals surface area (Å²) in [5.41, 5.74) is 0.105. The van der Waals surface area contributed by atoms with E-state index in [4.69, 9.17) is 16.3 Å². The number of carbonyl (C=O) groups is 1. The lowest BCUT2D eigenvalue weighted by molar-refractivity contribution is -0.757. The number of H-pyrrole nitrogens is 1. The molecule has 0 fully saturated rings. The van der Waals surface area contributed by atoms with E-state index in [2.05, 4.69) is 14.8 Å². The Bertz CT molecular complexity index is 463. The number of imidazole rings is 1. The first-order valence-corrected chi connectivity index (χ1v) is 6.61. The highest BCUT2D eigenvalue weighted by molar-refractivity contribution is 6.32. The van der Waals surface area contributed by atoms with E-state index >= 15 is 0 Å². The van der Waals surface area contributed by atoms with E-state index in [0.29, 0.717) is 12.2 Å². The molecule has 0 unspecified atom stereocenters. The largest absolute Gasteiger partial charge is 0.461 e. The first-order valence-electron chi connectivity index (χ1n) is 6.23. The molecule has 0 radical (unpaired) electrons. The monoisotopic (exact) mass is 305 g/mol. The van der Waals surface area contributed by atoms with Crippen molar-refractivity contribution in [3.05, 3.63) is 26.8 Å². The highest BCUT2D eigenvalue weighted by Gasteiger charge is 2.17. The molecule has 0 saturated carbocycles. The lowest BCUT2D eigenvalue weighted by atomic mass is 10.2. The SMILES string of the molecule is CCCCc1nc(Cl)c(C(=O)OCCCO[N+](=O)[O-])[nH]1. The molecule has 1 N–H and O–H groups in total. The van der Waals surface area contributed by atoms with E-state index in [9.17, 15) is 14.9 Å². The number of aromatic nitrogens is 2. The number of hydrogen-bond acceptors (Lipinski definition) is 6. The second-order valence-electron chi connectivity index (χ2n) is 4.00. The molecule has 0 aromatic carbocycles. The van der Waals surface area contributed by atoms with Crippen molar-refractivity contribution in [1.82, 2.24) is 9.97 Å². The molecule has 0 spiro atoms. The van der Waals surface area contributed by atoms with Crippen molar-refractivity contribution in [3.8, 4) is 0 Å². The molecule has 0 aliphatic heterocycles. The van der Waals surface area contributed by atoms with Crippen LogP contribution in [-0.4, -0.2) is 34.2 Å². The Morgan fingerprint density at radius 2 is 2.20 bits per heavy atom. The summed E-state index contributed by atoms with van der Waals surface area (Å²) in [5.74, 6) is 0.00633. The molecule has 8 nitrogen and oxygen atoms in total. The molecule has 0 aliphatic carbocycles. The Morgan fingerprint density at radius 3 is 2.85 bits per heavy atom. The Hall–Kier alpha value is -1.83. The number of nitrogens with one attached hydrogen (secondary N) is 1. The number of rotatable bonds is 9. The highest BCUT2D eigenvalue weighted by atomic mass is 35.5. The van der Waals surface area contributed by atoms with Crippen LogP contribution in [0.1, 0.15) is 42.5 Å². The van der Waals surface area contributed by atoms with Crippen LogP contribution in [0.25, 0.3) is 0 Å². The van der Waals surface area contributed by atoms with Crippen LogP contribution in [0.4, 0.5) is 0 Å². The first-order chi connectivity index (χ1) is 9.54. The molecule has 1 aromatic rings. The molecule has 1 rings (SSSR count). The molecule has 0 aliphatic rings. The van der Waals surface area contributed by atoms with Crippen LogP contribution < -0.4 is 0 Å². The summed E-state index contributed by atoms with van der Waals surface area (Å²) in [6.07, 6.45) is 2.88. The number of aryl methyl sites for hydroxylation is 1. The lowest BCUT2D eigenvalue weighted by Crippen LogP contribution is -2.10. The number of halogens is 1. The normalized spacial score (nSPS) is 10.3. The third kappa shape index (κ3) is 5.43. The predicted molar refractivity (Wildman–Crippen MR) is 70.1 cm³/mol. The predicted octanol–water partition coefficient (Wildman–Crippen LogP) is 2.16.